The second-order valence-electron chi connectivity index (χ2n) is 5.59. The number of hydrogen-bond acceptors (Lipinski definition) is 6. The van der Waals surface area contributed by atoms with Gasteiger partial charge in [-0.05, 0) is 48.5 Å². The highest BCUT2D eigenvalue weighted by Crippen LogP contribution is 2.19. The average molecular weight is 411 g/mol. The van der Waals surface area contributed by atoms with Crippen molar-refractivity contribution in [3.8, 4) is 0 Å². The van der Waals surface area contributed by atoms with E-state index in [1.807, 2.05) is 0 Å². The van der Waals surface area contributed by atoms with Crippen molar-refractivity contribution in [1.29, 1.82) is 0 Å². The van der Waals surface area contributed by atoms with Crippen LogP contribution in [0.15, 0.2) is 53.4 Å². The summed E-state index contributed by atoms with van der Waals surface area (Å²) in [5.74, 6) is -5.25. The van der Waals surface area contributed by atoms with Crippen molar-refractivity contribution in [2.45, 2.75) is 17.6 Å². The van der Waals surface area contributed by atoms with Crippen LogP contribution in [0, 0.1) is 0 Å². The number of Topliss-reactive ketones (excluding diaryl/α,β-unsaturated/α-hetero) is 1. The van der Waals surface area contributed by atoms with Gasteiger partial charge in [-0.2, -0.15) is 8.78 Å². The Morgan fingerprint density at radius 3 is 2.00 bits per heavy atom. The first-order valence-electron chi connectivity index (χ1n) is 7.81. The molecule has 2 aromatic carbocycles. The second-order valence-corrected chi connectivity index (χ2v) is 7.51. The average Bonchev–Trinajstić information content (AvgIpc) is 2.66. The molecule has 10 heteroatoms. The monoisotopic (exact) mass is 411 g/mol. The fraction of sp³-hybridized carbons (Fsp3) is 0.167. The summed E-state index contributed by atoms with van der Waals surface area (Å²) in [4.78, 5) is 34.3. The summed E-state index contributed by atoms with van der Waals surface area (Å²) in [7, 11) is -4.76. The molecule has 0 radical (unpaired) electrons. The van der Waals surface area contributed by atoms with Gasteiger partial charge in [0.25, 0.3) is 0 Å². The van der Waals surface area contributed by atoms with E-state index < -0.39 is 38.8 Å². The Labute approximate surface area is 159 Å². The lowest BCUT2D eigenvalue weighted by molar-refractivity contribution is -0.114. The van der Waals surface area contributed by atoms with E-state index in [1.54, 1.807) is 0 Å². The van der Waals surface area contributed by atoms with E-state index in [0.717, 1.165) is 24.3 Å². The van der Waals surface area contributed by atoms with Crippen molar-refractivity contribution in [3.05, 3.63) is 59.7 Å². The third-order valence-electron chi connectivity index (χ3n) is 3.51. The number of benzene rings is 2. The Kier molecular flexibility index (Phi) is 6.57. The Morgan fingerprint density at radius 2 is 1.50 bits per heavy atom. The second kappa shape index (κ2) is 8.70. The molecule has 1 amide bonds. The molecule has 0 aliphatic heterocycles. The van der Waals surface area contributed by atoms with Gasteiger partial charge in [0.1, 0.15) is 0 Å². The summed E-state index contributed by atoms with van der Waals surface area (Å²) in [5, 5.41) is 2.54. The Morgan fingerprint density at radius 1 is 0.964 bits per heavy atom. The molecule has 2 aromatic rings. The molecule has 1 N–H and O–H groups in total. The largest absolute Gasteiger partial charge is 0.454 e. The highest BCUT2D eigenvalue weighted by molar-refractivity contribution is 7.91. The van der Waals surface area contributed by atoms with Crippen LogP contribution in [0.2, 0.25) is 0 Å². The molecular formula is C18H15F2NO6S. The molecule has 0 saturated carbocycles. The molecule has 7 nitrogen and oxygen atoms in total. The van der Waals surface area contributed by atoms with Crippen LogP contribution >= 0.6 is 0 Å². The molecule has 0 fully saturated rings. The lowest BCUT2D eigenvalue weighted by Crippen LogP contribution is -2.15. The minimum atomic E-state index is -4.76. The van der Waals surface area contributed by atoms with Crippen LogP contribution < -0.4 is 5.32 Å². The van der Waals surface area contributed by atoms with Gasteiger partial charge in [-0.25, -0.2) is 13.2 Å². The number of ether oxygens (including phenoxy) is 1. The van der Waals surface area contributed by atoms with Crippen LogP contribution in [0.1, 0.15) is 27.6 Å². The lowest BCUT2D eigenvalue weighted by Gasteiger charge is -2.07. The number of alkyl halides is 2. The number of halogens is 2. The highest BCUT2D eigenvalue weighted by atomic mass is 32.2. The van der Waals surface area contributed by atoms with Gasteiger partial charge in [-0.1, -0.05) is 0 Å². The normalized spacial score (nSPS) is 11.1. The summed E-state index contributed by atoms with van der Waals surface area (Å²) in [6.45, 7) is 0.767. The SMILES string of the molecule is CC(=O)Nc1ccc(C(=O)COC(=O)c2ccc(S(=O)(=O)C(F)F)cc2)cc1. The van der Waals surface area contributed by atoms with Gasteiger partial charge < -0.3 is 10.1 Å². The van der Waals surface area contributed by atoms with Gasteiger partial charge in [0.2, 0.25) is 15.7 Å². The summed E-state index contributed by atoms with van der Waals surface area (Å²) >= 11 is 0. The molecule has 28 heavy (non-hydrogen) atoms. The maximum atomic E-state index is 12.5. The highest BCUT2D eigenvalue weighted by Gasteiger charge is 2.26. The van der Waals surface area contributed by atoms with E-state index in [-0.39, 0.29) is 17.0 Å². The predicted octanol–water partition coefficient (Wildman–Crippen LogP) is 2.68. The van der Waals surface area contributed by atoms with Crippen molar-refractivity contribution < 1.29 is 36.3 Å². The number of carbonyl (C=O) groups is 3. The number of rotatable bonds is 7. The van der Waals surface area contributed by atoms with E-state index in [0.29, 0.717) is 5.69 Å². The molecule has 0 unspecified atom stereocenters. The first kappa shape index (κ1) is 21.2. The summed E-state index contributed by atoms with van der Waals surface area (Å²) in [6, 6.07) is 9.68. The topological polar surface area (TPSA) is 107 Å². The molecule has 0 spiro atoms. The number of sulfone groups is 1. The summed E-state index contributed by atoms with van der Waals surface area (Å²) < 4.78 is 52.5. The van der Waals surface area contributed by atoms with Gasteiger partial charge in [0.05, 0.1) is 10.5 Å². The van der Waals surface area contributed by atoms with E-state index in [9.17, 15) is 31.6 Å². The summed E-state index contributed by atoms with van der Waals surface area (Å²) in [5.41, 5.74) is 0.655. The molecular weight excluding hydrogens is 396 g/mol. The number of esters is 1. The molecule has 0 saturated heterocycles. The first-order valence-corrected chi connectivity index (χ1v) is 9.36. The fourth-order valence-corrected chi connectivity index (χ4v) is 2.85. The maximum absolute atomic E-state index is 12.5. The molecule has 0 bridgehead atoms. The quantitative estimate of drug-likeness (QED) is 0.555. The summed E-state index contributed by atoms with van der Waals surface area (Å²) in [6.07, 6.45) is 0. The number of carbonyl (C=O) groups excluding carboxylic acids is 3. The number of anilines is 1. The number of hydrogen-bond donors (Lipinski definition) is 1. The predicted molar refractivity (Wildman–Crippen MR) is 95.0 cm³/mol. The van der Waals surface area contributed by atoms with Gasteiger partial charge in [-0.15, -0.1) is 0 Å². The molecule has 0 aromatic heterocycles. The van der Waals surface area contributed by atoms with Crippen LogP contribution in [0.4, 0.5) is 14.5 Å². The van der Waals surface area contributed by atoms with Crippen LogP contribution in [0.5, 0.6) is 0 Å². The zero-order valence-electron chi connectivity index (χ0n) is 14.5. The van der Waals surface area contributed by atoms with Crippen molar-refractivity contribution >= 4 is 33.2 Å². The third-order valence-corrected chi connectivity index (χ3v) is 4.91. The van der Waals surface area contributed by atoms with Crippen LogP contribution in [-0.2, 0) is 19.4 Å². The zero-order chi connectivity index (χ0) is 20.9. The smallest absolute Gasteiger partial charge is 0.341 e. The Balaban J connectivity index is 1.98. The van der Waals surface area contributed by atoms with Gasteiger partial charge in [-0.3, -0.25) is 9.59 Å². The van der Waals surface area contributed by atoms with Crippen LogP contribution in [0.25, 0.3) is 0 Å². The van der Waals surface area contributed by atoms with Crippen LogP contribution in [-0.4, -0.2) is 38.4 Å². The van der Waals surface area contributed by atoms with E-state index in [2.05, 4.69) is 5.32 Å². The molecule has 0 heterocycles. The van der Waals surface area contributed by atoms with Gasteiger partial charge in [0.15, 0.2) is 12.4 Å². The molecule has 0 atom stereocenters. The number of ketones is 1. The molecule has 148 valence electrons. The van der Waals surface area contributed by atoms with Gasteiger partial charge >= 0.3 is 11.7 Å². The van der Waals surface area contributed by atoms with Crippen LogP contribution in [0.3, 0.4) is 0 Å². The van der Waals surface area contributed by atoms with E-state index in [4.69, 9.17) is 4.74 Å². The molecule has 2 rings (SSSR count). The molecule has 0 aliphatic carbocycles. The van der Waals surface area contributed by atoms with E-state index >= 15 is 0 Å². The van der Waals surface area contributed by atoms with E-state index in [1.165, 1.54) is 31.2 Å². The first-order chi connectivity index (χ1) is 13.1. The third kappa shape index (κ3) is 5.19. The maximum Gasteiger partial charge on any atom is 0.341 e. The van der Waals surface area contributed by atoms with Gasteiger partial charge in [0, 0.05) is 18.2 Å². The Hall–Kier alpha value is -3.14. The minimum absolute atomic E-state index is 0.0953. The fourth-order valence-electron chi connectivity index (χ4n) is 2.12. The standard InChI is InChI=1S/C18H15F2NO6S/c1-11(22)21-14-6-2-12(3-7-14)16(23)10-27-17(24)13-4-8-15(9-5-13)28(25,26)18(19)20/h2-9,18H,10H2,1H3,(H,21,22). The van der Waals surface area contributed by atoms with Crippen molar-refractivity contribution in [2.24, 2.45) is 0 Å². The Bertz CT molecular complexity index is 986. The lowest BCUT2D eigenvalue weighted by atomic mass is 10.1. The van der Waals surface area contributed by atoms with Crippen molar-refractivity contribution in [3.63, 3.8) is 0 Å². The molecule has 0 aliphatic rings. The number of nitrogens with one attached hydrogen (secondary N) is 1. The zero-order valence-corrected chi connectivity index (χ0v) is 15.3. The minimum Gasteiger partial charge on any atom is -0.454 e. The van der Waals surface area contributed by atoms with Crippen molar-refractivity contribution in [2.75, 3.05) is 11.9 Å². The number of amides is 1. The van der Waals surface area contributed by atoms with Crippen molar-refractivity contribution in [1.82, 2.24) is 0 Å².